The van der Waals surface area contributed by atoms with Crippen molar-refractivity contribution in [3.63, 3.8) is 0 Å². The lowest BCUT2D eigenvalue weighted by molar-refractivity contribution is -0.118. The average Bonchev–Trinajstić information content (AvgIpc) is 3.16. The van der Waals surface area contributed by atoms with Gasteiger partial charge < -0.3 is 19.3 Å². The number of rotatable bonds is 5. The average molecular weight is 366 g/mol. The molecule has 4 rings (SSSR count). The Morgan fingerprint density at radius 2 is 1.85 bits per heavy atom. The van der Waals surface area contributed by atoms with Gasteiger partial charge in [-0.1, -0.05) is 12.1 Å². The van der Waals surface area contributed by atoms with E-state index in [2.05, 4.69) is 23.1 Å². The maximum atomic E-state index is 12.8. The molecule has 142 valence electrons. The van der Waals surface area contributed by atoms with Crippen LogP contribution in [0.3, 0.4) is 0 Å². The Kier molecular flexibility index (Phi) is 5.30. The van der Waals surface area contributed by atoms with Gasteiger partial charge in [-0.2, -0.15) is 0 Å². The molecule has 5 heteroatoms. The fourth-order valence-electron chi connectivity index (χ4n) is 3.84. The van der Waals surface area contributed by atoms with Gasteiger partial charge in [0.25, 0.3) is 0 Å². The molecule has 0 N–H and O–H groups in total. The van der Waals surface area contributed by atoms with E-state index in [1.54, 1.807) is 7.11 Å². The number of amides is 1. The summed E-state index contributed by atoms with van der Waals surface area (Å²) in [5.41, 5.74) is 4.75. The Hall–Kier alpha value is -2.53. The van der Waals surface area contributed by atoms with Gasteiger partial charge in [0, 0.05) is 37.4 Å². The van der Waals surface area contributed by atoms with Crippen molar-refractivity contribution in [2.24, 2.45) is 0 Å². The molecule has 1 amide bonds. The highest BCUT2D eigenvalue weighted by Crippen LogP contribution is 2.32. The van der Waals surface area contributed by atoms with Crippen molar-refractivity contribution >= 4 is 17.3 Å². The Morgan fingerprint density at radius 1 is 1.07 bits per heavy atom. The summed E-state index contributed by atoms with van der Waals surface area (Å²) >= 11 is 0. The van der Waals surface area contributed by atoms with E-state index in [0.717, 1.165) is 62.7 Å². The third-order valence-electron chi connectivity index (χ3n) is 5.42. The zero-order valence-corrected chi connectivity index (χ0v) is 15.8. The number of carbonyl (C=O) groups excluding carboxylic acids is 1. The molecule has 2 aromatic carbocycles. The number of hydrogen-bond acceptors (Lipinski definition) is 4. The molecule has 0 saturated carbocycles. The van der Waals surface area contributed by atoms with Crippen LogP contribution in [0.25, 0.3) is 0 Å². The first-order valence-electron chi connectivity index (χ1n) is 9.63. The molecule has 0 spiro atoms. The molecule has 1 saturated heterocycles. The molecule has 5 nitrogen and oxygen atoms in total. The summed E-state index contributed by atoms with van der Waals surface area (Å²) in [6, 6.07) is 14.4. The van der Waals surface area contributed by atoms with Gasteiger partial charge in [-0.15, -0.1) is 0 Å². The Bertz CT molecular complexity index is 798. The van der Waals surface area contributed by atoms with Crippen molar-refractivity contribution in [1.82, 2.24) is 0 Å². The van der Waals surface area contributed by atoms with Crippen LogP contribution in [-0.4, -0.2) is 45.9 Å². The molecule has 27 heavy (non-hydrogen) atoms. The molecule has 0 aliphatic carbocycles. The second-order valence-electron chi connectivity index (χ2n) is 7.06. The maximum Gasteiger partial charge on any atom is 0.227 e. The third kappa shape index (κ3) is 3.93. The Labute approximate surface area is 160 Å². The van der Waals surface area contributed by atoms with Gasteiger partial charge in [-0.3, -0.25) is 4.79 Å². The van der Waals surface area contributed by atoms with Crippen LogP contribution in [0.5, 0.6) is 5.75 Å². The number of ether oxygens (including phenoxy) is 2. The van der Waals surface area contributed by atoms with E-state index in [0.29, 0.717) is 6.42 Å². The van der Waals surface area contributed by atoms with Crippen molar-refractivity contribution in [2.75, 3.05) is 49.8 Å². The maximum absolute atomic E-state index is 12.8. The number of anilines is 2. The number of benzene rings is 2. The highest BCUT2D eigenvalue weighted by molar-refractivity contribution is 5.95. The molecule has 0 bridgehead atoms. The predicted octanol–water partition coefficient (Wildman–Crippen LogP) is 3.05. The lowest BCUT2D eigenvalue weighted by Crippen LogP contribution is -2.36. The van der Waals surface area contributed by atoms with E-state index in [9.17, 15) is 4.79 Å². The van der Waals surface area contributed by atoms with Gasteiger partial charge >= 0.3 is 0 Å². The fraction of sp³-hybridized carbons (Fsp3) is 0.409. The van der Waals surface area contributed by atoms with Crippen LogP contribution in [0.1, 0.15) is 17.5 Å². The monoisotopic (exact) mass is 366 g/mol. The first-order valence-corrected chi connectivity index (χ1v) is 9.63. The second kappa shape index (κ2) is 8.01. The van der Waals surface area contributed by atoms with Crippen LogP contribution in [0.15, 0.2) is 42.5 Å². The molecule has 0 unspecified atom stereocenters. The highest BCUT2D eigenvalue weighted by Gasteiger charge is 2.25. The Balaban J connectivity index is 1.39. The number of nitrogens with zero attached hydrogens (tertiary/aromatic N) is 2. The normalized spacial score (nSPS) is 16.3. The van der Waals surface area contributed by atoms with Crippen molar-refractivity contribution in [3.05, 3.63) is 53.6 Å². The fourth-order valence-corrected chi connectivity index (χ4v) is 3.84. The van der Waals surface area contributed by atoms with Gasteiger partial charge in [0.2, 0.25) is 5.91 Å². The van der Waals surface area contributed by atoms with E-state index in [1.807, 2.05) is 29.2 Å². The van der Waals surface area contributed by atoms with Gasteiger partial charge in [0.15, 0.2) is 0 Å². The van der Waals surface area contributed by atoms with Crippen LogP contribution < -0.4 is 14.5 Å². The molecular weight excluding hydrogens is 340 g/mol. The first kappa shape index (κ1) is 17.9. The van der Waals surface area contributed by atoms with E-state index in [1.165, 1.54) is 11.3 Å². The van der Waals surface area contributed by atoms with Crippen molar-refractivity contribution in [2.45, 2.75) is 19.3 Å². The van der Waals surface area contributed by atoms with Gasteiger partial charge in [-0.05, 0) is 54.3 Å². The molecule has 0 atom stereocenters. The summed E-state index contributed by atoms with van der Waals surface area (Å²) in [4.78, 5) is 17.1. The van der Waals surface area contributed by atoms with E-state index in [-0.39, 0.29) is 5.91 Å². The van der Waals surface area contributed by atoms with E-state index < -0.39 is 0 Å². The minimum absolute atomic E-state index is 0.198. The molecule has 2 aliphatic heterocycles. The number of methoxy groups -OCH3 is 1. The van der Waals surface area contributed by atoms with Crippen LogP contribution in [0, 0.1) is 0 Å². The molecule has 0 aromatic heterocycles. The summed E-state index contributed by atoms with van der Waals surface area (Å²) < 4.78 is 10.6. The lowest BCUT2D eigenvalue weighted by atomic mass is 10.1. The molecular formula is C22H26N2O3. The summed E-state index contributed by atoms with van der Waals surface area (Å²) in [7, 11) is 1.66. The van der Waals surface area contributed by atoms with Crippen LogP contribution >= 0.6 is 0 Å². The SMILES string of the molecule is COc1ccc(CCC(=O)N2CCc3cc(N4CCOCC4)ccc32)cc1. The van der Waals surface area contributed by atoms with Gasteiger partial charge in [0.05, 0.1) is 20.3 Å². The second-order valence-corrected chi connectivity index (χ2v) is 7.06. The summed E-state index contributed by atoms with van der Waals surface area (Å²) in [6.07, 6.45) is 2.21. The zero-order chi connectivity index (χ0) is 18.6. The molecule has 2 aromatic rings. The third-order valence-corrected chi connectivity index (χ3v) is 5.42. The van der Waals surface area contributed by atoms with Crippen LogP contribution in [0.4, 0.5) is 11.4 Å². The largest absolute Gasteiger partial charge is 0.497 e. The number of aryl methyl sites for hydroxylation is 1. The van der Waals surface area contributed by atoms with Crippen LogP contribution in [0.2, 0.25) is 0 Å². The highest BCUT2D eigenvalue weighted by atomic mass is 16.5. The quantitative estimate of drug-likeness (QED) is 0.816. The minimum Gasteiger partial charge on any atom is -0.497 e. The lowest BCUT2D eigenvalue weighted by Gasteiger charge is -2.29. The number of carbonyl (C=O) groups is 1. The first-order chi connectivity index (χ1) is 13.2. The molecule has 1 fully saturated rings. The molecule has 2 heterocycles. The topological polar surface area (TPSA) is 42.0 Å². The standard InChI is InChI=1S/C22H26N2O3/c1-26-20-6-2-17(3-7-20)4-9-22(25)24-11-10-18-16-19(5-8-21(18)24)23-12-14-27-15-13-23/h2-3,5-8,16H,4,9-15H2,1H3. The van der Waals surface area contributed by atoms with Crippen molar-refractivity contribution in [3.8, 4) is 5.75 Å². The summed E-state index contributed by atoms with van der Waals surface area (Å²) in [5, 5.41) is 0. The Morgan fingerprint density at radius 3 is 2.59 bits per heavy atom. The van der Waals surface area contributed by atoms with Crippen LogP contribution in [-0.2, 0) is 22.4 Å². The van der Waals surface area contributed by atoms with Crippen molar-refractivity contribution in [1.29, 1.82) is 0 Å². The van der Waals surface area contributed by atoms with Crippen molar-refractivity contribution < 1.29 is 14.3 Å². The predicted molar refractivity (Wildman–Crippen MR) is 107 cm³/mol. The number of fused-ring (bicyclic) bond motifs is 1. The van der Waals surface area contributed by atoms with Gasteiger partial charge in [0.1, 0.15) is 5.75 Å². The number of hydrogen-bond donors (Lipinski definition) is 0. The van der Waals surface area contributed by atoms with E-state index >= 15 is 0 Å². The minimum atomic E-state index is 0.198. The summed E-state index contributed by atoms with van der Waals surface area (Å²) in [5.74, 6) is 1.04. The number of morpholine rings is 1. The van der Waals surface area contributed by atoms with Gasteiger partial charge in [-0.25, -0.2) is 0 Å². The summed E-state index contributed by atoms with van der Waals surface area (Å²) in [6.45, 7) is 4.22. The smallest absolute Gasteiger partial charge is 0.227 e. The zero-order valence-electron chi connectivity index (χ0n) is 15.8. The molecule has 2 aliphatic rings. The van der Waals surface area contributed by atoms with E-state index in [4.69, 9.17) is 9.47 Å². The molecule has 0 radical (unpaired) electrons.